The first-order chi connectivity index (χ1) is 6.99. The third-order valence-electron chi connectivity index (χ3n) is 4.73. The topological polar surface area (TPSA) is 12.0 Å². The van der Waals surface area contributed by atoms with Gasteiger partial charge in [0.15, 0.2) is 0 Å². The molecule has 0 bridgehead atoms. The Balaban J connectivity index is 2.15. The molecule has 0 spiro atoms. The van der Waals surface area contributed by atoms with Gasteiger partial charge in [0.2, 0.25) is 0 Å². The van der Waals surface area contributed by atoms with Gasteiger partial charge in [-0.3, -0.25) is 0 Å². The molecule has 2 fully saturated rings. The Hall–Kier alpha value is -0.0400. The van der Waals surface area contributed by atoms with Gasteiger partial charge in [-0.2, -0.15) is 0 Å². The Bertz CT molecular complexity index is 221. The molecule has 0 radical (unpaired) electrons. The maximum Gasteiger partial charge on any atom is -0.00175 e. The SMILES string of the molecule is CC1CCNCC2CC(C)(C)CC(C)C12. The van der Waals surface area contributed by atoms with Crippen LogP contribution in [0.5, 0.6) is 0 Å². The highest BCUT2D eigenvalue weighted by atomic mass is 14.9. The van der Waals surface area contributed by atoms with Crippen LogP contribution in [0.25, 0.3) is 0 Å². The average Bonchev–Trinajstić information content (AvgIpc) is 2.25. The predicted octanol–water partition coefficient (Wildman–Crippen LogP) is 3.30. The summed E-state index contributed by atoms with van der Waals surface area (Å²) in [4.78, 5) is 0. The third kappa shape index (κ3) is 2.38. The summed E-state index contributed by atoms with van der Waals surface area (Å²) in [6.07, 6.45) is 4.24. The largest absolute Gasteiger partial charge is 0.316 e. The zero-order chi connectivity index (χ0) is 11.1. The molecule has 4 atom stereocenters. The van der Waals surface area contributed by atoms with E-state index in [4.69, 9.17) is 0 Å². The number of nitrogens with one attached hydrogen (secondary N) is 1. The highest BCUT2D eigenvalue weighted by Crippen LogP contribution is 2.48. The van der Waals surface area contributed by atoms with Crippen molar-refractivity contribution in [3.63, 3.8) is 0 Å². The second-order valence-corrected chi connectivity index (χ2v) is 6.86. The number of rotatable bonds is 0. The van der Waals surface area contributed by atoms with E-state index in [0.717, 1.165) is 23.7 Å². The monoisotopic (exact) mass is 209 g/mol. The van der Waals surface area contributed by atoms with Crippen LogP contribution in [0.1, 0.15) is 47.0 Å². The van der Waals surface area contributed by atoms with Crippen molar-refractivity contribution < 1.29 is 0 Å². The van der Waals surface area contributed by atoms with Gasteiger partial charge in [0, 0.05) is 0 Å². The lowest BCUT2D eigenvalue weighted by molar-refractivity contribution is 0.0400. The highest BCUT2D eigenvalue weighted by molar-refractivity contribution is 4.93. The Morgan fingerprint density at radius 3 is 2.53 bits per heavy atom. The molecular weight excluding hydrogens is 182 g/mol. The van der Waals surface area contributed by atoms with E-state index in [1.807, 2.05) is 0 Å². The lowest BCUT2D eigenvalue weighted by Crippen LogP contribution is -2.40. The molecule has 1 saturated carbocycles. The first kappa shape index (κ1) is 11.4. The van der Waals surface area contributed by atoms with Crippen LogP contribution in [0.4, 0.5) is 0 Å². The van der Waals surface area contributed by atoms with Gasteiger partial charge in [-0.1, -0.05) is 27.7 Å². The molecular formula is C14H27N. The normalized spacial score (nSPS) is 45.6. The molecule has 1 saturated heterocycles. The van der Waals surface area contributed by atoms with Crippen LogP contribution < -0.4 is 5.32 Å². The number of fused-ring (bicyclic) bond motifs is 1. The van der Waals surface area contributed by atoms with E-state index in [1.165, 1.54) is 32.4 Å². The maximum absolute atomic E-state index is 3.64. The molecule has 0 aromatic heterocycles. The molecule has 1 nitrogen and oxygen atoms in total. The molecule has 1 N–H and O–H groups in total. The summed E-state index contributed by atoms with van der Waals surface area (Å²) in [5, 5.41) is 3.64. The van der Waals surface area contributed by atoms with Crippen LogP contribution in [0.3, 0.4) is 0 Å². The zero-order valence-electron chi connectivity index (χ0n) is 10.8. The lowest BCUT2D eigenvalue weighted by atomic mass is 9.59. The van der Waals surface area contributed by atoms with Crippen molar-refractivity contribution in [2.75, 3.05) is 13.1 Å². The molecule has 15 heavy (non-hydrogen) atoms. The van der Waals surface area contributed by atoms with Gasteiger partial charge in [0.25, 0.3) is 0 Å². The van der Waals surface area contributed by atoms with Crippen molar-refractivity contribution in [2.45, 2.75) is 47.0 Å². The highest BCUT2D eigenvalue weighted by Gasteiger charge is 2.41. The van der Waals surface area contributed by atoms with Crippen LogP contribution in [-0.4, -0.2) is 13.1 Å². The molecule has 1 heteroatoms. The lowest BCUT2D eigenvalue weighted by Gasteiger charge is -2.46. The van der Waals surface area contributed by atoms with Gasteiger partial charge >= 0.3 is 0 Å². The second kappa shape index (κ2) is 4.08. The van der Waals surface area contributed by atoms with Crippen molar-refractivity contribution in [1.82, 2.24) is 5.32 Å². The molecule has 2 aliphatic rings. The molecule has 2 rings (SSSR count). The minimum Gasteiger partial charge on any atom is -0.316 e. The summed E-state index contributed by atoms with van der Waals surface area (Å²) in [7, 11) is 0. The van der Waals surface area contributed by atoms with Crippen molar-refractivity contribution >= 4 is 0 Å². The molecule has 0 aromatic carbocycles. The fourth-order valence-corrected chi connectivity index (χ4v) is 4.44. The summed E-state index contributed by atoms with van der Waals surface area (Å²) in [5.74, 6) is 3.76. The number of hydrogen-bond donors (Lipinski definition) is 1. The smallest absolute Gasteiger partial charge is 0.00175 e. The summed E-state index contributed by atoms with van der Waals surface area (Å²) >= 11 is 0. The molecule has 0 amide bonds. The van der Waals surface area contributed by atoms with Crippen LogP contribution >= 0.6 is 0 Å². The fraction of sp³-hybridized carbons (Fsp3) is 1.00. The molecule has 0 aromatic rings. The molecule has 4 unspecified atom stereocenters. The zero-order valence-corrected chi connectivity index (χ0v) is 10.8. The van der Waals surface area contributed by atoms with Gasteiger partial charge < -0.3 is 5.32 Å². The number of hydrogen-bond acceptors (Lipinski definition) is 1. The molecule has 1 aliphatic heterocycles. The Labute approximate surface area is 95.0 Å². The summed E-state index contributed by atoms with van der Waals surface area (Å²) in [5.41, 5.74) is 0.576. The van der Waals surface area contributed by atoms with Gasteiger partial charge in [0.05, 0.1) is 0 Å². The minimum atomic E-state index is 0.576. The van der Waals surface area contributed by atoms with E-state index in [1.54, 1.807) is 0 Å². The fourth-order valence-electron chi connectivity index (χ4n) is 4.44. The summed E-state index contributed by atoms with van der Waals surface area (Å²) < 4.78 is 0. The third-order valence-corrected chi connectivity index (χ3v) is 4.73. The summed E-state index contributed by atoms with van der Waals surface area (Å²) in [6, 6.07) is 0. The Morgan fingerprint density at radius 2 is 1.80 bits per heavy atom. The Kier molecular flexibility index (Phi) is 3.12. The summed E-state index contributed by atoms with van der Waals surface area (Å²) in [6.45, 7) is 12.4. The predicted molar refractivity (Wildman–Crippen MR) is 65.8 cm³/mol. The van der Waals surface area contributed by atoms with Gasteiger partial charge in [0.1, 0.15) is 0 Å². The molecule has 1 heterocycles. The molecule has 1 aliphatic carbocycles. The first-order valence-corrected chi connectivity index (χ1v) is 6.70. The van der Waals surface area contributed by atoms with Gasteiger partial charge in [-0.05, 0) is 61.4 Å². The maximum atomic E-state index is 3.64. The average molecular weight is 209 g/mol. The van der Waals surface area contributed by atoms with E-state index >= 15 is 0 Å². The Morgan fingerprint density at radius 1 is 1.07 bits per heavy atom. The van der Waals surface area contributed by atoms with Crippen molar-refractivity contribution in [3.8, 4) is 0 Å². The van der Waals surface area contributed by atoms with Crippen molar-refractivity contribution in [1.29, 1.82) is 0 Å². The first-order valence-electron chi connectivity index (χ1n) is 6.70. The standard InChI is InChI=1S/C14H27N/c1-10-5-6-15-9-12-8-14(3,4)7-11(2)13(10)12/h10-13,15H,5-9H2,1-4H3. The minimum absolute atomic E-state index is 0.576. The van der Waals surface area contributed by atoms with Crippen LogP contribution in [-0.2, 0) is 0 Å². The van der Waals surface area contributed by atoms with E-state index < -0.39 is 0 Å². The van der Waals surface area contributed by atoms with Crippen LogP contribution in [0.2, 0.25) is 0 Å². The van der Waals surface area contributed by atoms with Crippen molar-refractivity contribution in [2.24, 2.45) is 29.1 Å². The van der Waals surface area contributed by atoms with E-state index in [-0.39, 0.29) is 0 Å². The quantitative estimate of drug-likeness (QED) is 0.645. The van der Waals surface area contributed by atoms with E-state index in [9.17, 15) is 0 Å². The molecule has 88 valence electrons. The second-order valence-electron chi connectivity index (χ2n) is 6.86. The van der Waals surface area contributed by atoms with Crippen molar-refractivity contribution in [3.05, 3.63) is 0 Å². The van der Waals surface area contributed by atoms with Crippen LogP contribution in [0.15, 0.2) is 0 Å². The van der Waals surface area contributed by atoms with Gasteiger partial charge in [-0.15, -0.1) is 0 Å². The van der Waals surface area contributed by atoms with E-state index in [2.05, 4.69) is 33.0 Å². The van der Waals surface area contributed by atoms with Gasteiger partial charge in [-0.25, -0.2) is 0 Å². The van der Waals surface area contributed by atoms with Crippen LogP contribution in [0, 0.1) is 29.1 Å². The van der Waals surface area contributed by atoms with E-state index in [0.29, 0.717) is 5.41 Å².